The maximum absolute atomic E-state index is 13.2. The third-order valence-electron chi connectivity index (χ3n) is 1.93. The first-order valence-electron chi connectivity index (χ1n) is 4.71. The number of carbonyl (C=O) groups excluding carboxylic acids is 1. The Morgan fingerprint density at radius 1 is 1.73 bits per heavy atom. The zero-order chi connectivity index (χ0) is 11.3. The normalized spacial score (nSPS) is 25.3. The van der Waals surface area contributed by atoms with E-state index in [-0.39, 0.29) is 5.76 Å². The Labute approximate surface area is 87.5 Å². The van der Waals surface area contributed by atoms with E-state index in [2.05, 4.69) is 4.74 Å². The molecule has 0 aromatic rings. The molecule has 0 radical (unpaired) electrons. The van der Waals surface area contributed by atoms with Crippen LogP contribution in [0.2, 0.25) is 0 Å². The fourth-order valence-corrected chi connectivity index (χ4v) is 1.20. The lowest BCUT2D eigenvalue weighted by Crippen LogP contribution is -2.13. The standard InChI is InChI=1S/C11H13FO3/c1-2-15-11(14)6-4-8-3-5-9(13)7-10(8)12/h3-8,10,13H,2H2,1H3/b6-4+. The van der Waals surface area contributed by atoms with Gasteiger partial charge in [0.1, 0.15) is 11.9 Å². The Kier molecular flexibility index (Phi) is 4.09. The van der Waals surface area contributed by atoms with Gasteiger partial charge in [0.2, 0.25) is 0 Å². The van der Waals surface area contributed by atoms with Crippen molar-refractivity contribution in [3.05, 3.63) is 36.1 Å². The number of halogens is 1. The van der Waals surface area contributed by atoms with Gasteiger partial charge in [0.15, 0.2) is 0 Å². The first kappa shape index (κ1) is 11.5. The molecule has 82 valence electrons. The van der Waals surface area contributed by atoms with Crippen molar-refractivity contribution in [2.45, 2.75) is 13.1 Å². The molecule has 1 aliphatic rings. The molecular weight excluding hydrogens is 199 g/mol. The van der Waals surface area contributed by atoms with Crippen molar-refractivity contribution in [1.82, 2.24) is 0 Å². The quantitative estimate of drug-likeness (QED) is 0.575. The zero-order valence-corrected chi connectivity index (χ0v) is 8.39. The van der Waals surface area contributed by atoms with E-state index in [1.807, 2.05) is 0 Å². The summed E-state index contributed by atoms with van der Waals surface area (Å²) in [5, 5.41) is 8.98. The third-order valence-corrected chi connectivity index (χ3v) is 1.93. The van der Waals surface area contributed by atoms with E-state index in [9.17, 15) is 9.18 Å². The predicted molar refractivity (Wildman–Crippen MR) is 54.0 cm³/mol. The number of hydrogen-bond donors (Lipinski definition) is 1. The fourth-order valence-electron chi connectivity index (χ4n) is 1.20. The number of allylic oxidation sites excluding steroid dienone is 4. The first-order chi connectivity index (χ1) is 7.13. The Bertz CT molecular complexity index is 318. The first-order valence-corrected chi connectivity index (χ1v) is 4.71. The SMILES string of the molecule is CCOC(=O)/C=C/C1C=CC(O)=CC1F. The van der Waals surface area contributed by atoms with E-state index < -0.39 is 18.1 Å². The molecule has 15 heavy (non-hydrogen) atoms. The highest BCUT2D eigenvalue weighted by Crippen LogP contribution is 2.19. The lowest BCUT2D eigenvalue weighted by molar-refractivity contribution is -0.137. The van der Waals surface area contributed by atoms with Crippen molar-refractivity contribution < 1.29 is 19.0 Å². The molecule has 0 aliphatic heterocycles. The van der Waals surface area contributed by atoms with Crippen molar-refractivity contribution in [3.63, 3.8) is 0 Å². The van der Waals surface area contributed by atoms with Crippen LogP contribution in [0.3, 0.4) is 0 Å². The van der Waals surface area contributed by atoms with Crippen LogP contribution in [0.15, 0.2) is 36.1 Å². The maximum atomic E-state index is 13.2. The molecule has 1 rings (SSSR count). The molecule has 0 bridgehead atoms. The molecule has 0 fully saturated rings. The van der Waals surface area contributed by atoms with Gasteiger partial charge in [-0.15, -0.1) is 0 Å². The van der Waals surface area contributed by atoms with Crippen molar-refractivity contribution in [2.24, 2.45) is 5.92 Å². The number of alkyl halides is 1. The summed E-state index contributed by atoms with van der Waals surface area (Å²) in [5.41, 5.74) is 0. The van der Waals surface area contributed by atoms with E-state index >= 15 is 0 Å². The number of ether oxygens (including phenoxy) is 1. The summed E-state index contributed by atoms with van der Waals surface area (Å²) in [6.45, 7) is 1.99. The van der Waals surface area contributed by atoms with Gasteiger partial charge in [0, 0.05) is 12.0 Å². The lowest BCUT2D eigenvalue weighted by Gasteiger charge is -2.14. The number of aliphatic hydroxyl groups excluding tert-OH is 1. The maximum Gasteiger partial charge on any atom is 0.330 e. The highest BCUT2D eigenvalue weighted by Gasteiger charge is 2.17. The zero-order valence-electron chi connectivity index (χ0n) is 8.39. The number of aliphatic hydroxyl groups is 1. The van der Waals surface area contributed by atoms with Crippen LogP contribution in [0.1, 0.15) is 6.92 Å². The molecule has 0 spiro atoms. The summed E-state index contributed by atoms with van der Waals surface area (Å²) in [7, 11) is 0. The van der Waals surface area contributed by atoms with Gasteiger partial charge >= 0.3 is 5.97 Å². The smallest absolute Gasteiger partial charge is 0.330 e. The highest BCUT2D eigenvalue weighted by molar-refractivity contribution is 5.81. The van der Waals surface area contributed by atoms with Crippen molar-refractivity contribution in [3.8, 4) is 0 Å². The van der Waals surface area contributed by atoms with E-state index in [0.29, 0.717) is 6.61 Å². The summed E-state index contributed by atoms with van der Waals surface area (Å²) in [6.07, 6.45) is 5.30. The molecule has 2 unspecified atom stereocenters. The minimum absolute atomic E-state index is 0.0942. The number of hydrogen-bond acceptors (Lipinski definition) is 3. The van der Waals surface area contributed by atoms with E-state index in [0.717, 1.165) is 6.08 Å². The van der Waals surface area contributed by atoms with E-state index in [1.54, 1.807) is 6.92 Å². The molecule has 3 nitrogen and oxygen atoms in total. The second-order valence-electron chi connectivity index (χ2n) is 3.08. The largest absolute Gasteiger partial charge is 0.508 e. The average Bonchev–Trinajstić information content (AvgIpc) is 2.17. The minimum atomic E-state index is -1.30. The highest BCUT2D eigenvalue weighted by atomic mass is 19.1. The molecule has 0 heterocycles. The Morgan fingerprint density at radius 3 is 3.07 bits per heavy atom. The van der Waals surface area contributed by atoms with Crippen LogP contribution in [-0.2, 0) is 9.53 Å². The summed E-state index contributed by atoms with van der Waals surface area (Å²) in [6, 6.07) is 0. The Morgan fingerprint density at radius 2 is 2.47 bits per heavy atom. The Balaban J connectivity index is 2.53. The predicted octanol–water partition coefficient (Wildman–Crippen LogP) is 2.07. The topological polar surface area (TPSA) is 46.5 Å². The van der Waals surface area contributed by atoms with Crippen LogP contribution >= 0.6 is 0 Å². The van der Waals surface area contributed by atoms with Gasteiger partial charge < -0.3 is 9.84 Å². The molecule has 0 saturated carbocycles. The van der Waals surface area contributed by atoms with Crippen LogP contribution in [-0.4, -0.2) is 23.9 Å². The van der Waals surface area contributed by atoms with Crippen molar-refractivity contribution >= 4 is 5.97 Å². The molecule has 0 aromatic heterocycles. The summed E-state index contributed by atoms with van der Waals surface area (Å²) in [5.74, 6) is -1.11. The lowest BCUT2D eigenvalue weighted by atomic mass is 9.98. The number of rotatable bonds is 3. The molecule has 2 atom stereocenters. The third kappa shape index (κ3) is 3.58. The molecule has 0 saturated heterocycles. The van der Waals surface area contributed by atoms with Gasteiger partial charge in [-0.2, -0.15) is 0 Å². The molecule has 0 amide bonds. The Hall–Kier alpha value is -1.58. The van der Waals surface area contributed by atoms with Gasteiger partial charge in [0.25, 0.3) is 0 Å². The molecular formula is C11H13FO3. The molecule has 1 aliphatic carbocycles. The molecule has 1 N–H and O–H groups in total. The number of carbonyl (C=O) groups is 1. The molecule has 4 heteroatoms. The van der Waals surface area contributed by atoms with Gasteiger partial charge in [0.05, 0.1) is 6.61 Å². The van der Waals surface area contributed by atoms with Crippen LogP contribution in [0.4, 0.5) is 4.39 Å². The van der Waals surface area contributed by atoms with Crippen LogP contribution in [0.5, 0.6) is 0 Å². The van der Waals surface area contributed by atoms with Gasteiger partial charge in [-0.3, -0.25) is 0 Å². The minimum Gasteiger partial charge on any atom is -0.508 e. The monoisotopic (exact) mass is 212 g/mol. The second-order valence-corrected chi connectivity index (χ2v) is 3.08. The van der Waals surface area contributed by atoms with Crippen molar-refractivity contribution in [1.29, 1.82) is 0 Å². The molecule has 0 aromatic carbocycles. The summed E-state index contributed by atoms with van der Waals surface area (Å²) < 4.78 is 17.9. The van der Waals surface area contributed by atoms with Gasteiger partial charge in [-0.05, 0) is 19.1 Å². The average molecular weight is 212 g/mol. The fraction of sp³-hybridized carbons (Fsp3) is 0.364. The van der Waals surface area contributed by atoms with Crippen molar-refractivity contribution in [2.75, 3.05) is 6.61 Å². The van der Waals surface area contributed by atoms with Crippen LogP contribution in [0.25, 0.3) is 0 Å². The number of esters is 1. The van der Waals surface area contributed by atoms with Gasteiger partial charge in [-0.1, -0.05) is 12.2 Å². The summed E-state index contributed by atoms with van der Waals surface area (Å²) >= 11 is 0. The van der Waals surface area contributed by atoms with Gasteiger partial charge in [-0.25, -0.2) is 9.18 Å². The van der Waals surface area contributed by atoms with Crippen LogP contribution < -0.4 is 0 Å². The summed E-state index contributed by atoms with van der Waals surface area (Å²) in [4.78, 5) is 10.9. The second kappa shape index (κ2) is 5.34. The van der Waals surface area contributed by atoms with Crippen LogP contribution in [0, 0.1) is 5.92 Å². The van der Waals surface area contributed by atoms with E-state index in [4.69, 9.17) is 5.11 Å². The van der Waals surface area contributed by atoms with E-state index in [1.165, 1.54) is 24.3 Å².